The van der Waals surface area contributed by atoms with Crippen molar-refractivity contribution in [3.63, 3.8) is 0 Å². The Morgan fingerprint density at radius 1 is 1.54 bits per heavy atom. The molecule has 0 aromatic heterocycles. The molecule has 2 unspecified atom stereocenters. The van der Waals surface area contributed by atoms with E-state index in [2.05, 4.69) is 33.0 Å². The summed E-state index contributed by atoms with van der Waals surface area (Å²) >= 11 is 0. The molecule has 0 amide bonds. The van der Waals surface area contributed by atoms with Gasteiger partial charge in [-0.3, -0.25) is 0 Å². The second-order valence-electron chi connectivity index (χ2n) is 5.53. The van der Waals surface area contributed by atoms with E-state index in [-0.39, 0.29) is 5.54 Å². The van der Waals surface area contributed by atoms with Crippen LogP contribution < -0.4 is 11.1 Å². The standard InChI is InChI=1S/C11H24N2/c1-5-11(4,12)8-13-7-9-6-10(9,2)3/h9,13H,5-8,12H2,1-4H3. The van der Waals surface area contributed by atoms with E-state index in [4.69, 9.17) is 5.73 Å². The van der Waals surface area contributed by atoms with Gasteiger partial charge in [-0.25, -0.2) is 0 Å². The molecule has 1 aliphatic carbocycles. The van der Waals surface area contributed by atoms with Gasteiger partial charge >= 0.3 is 0 Å². The Kier molecular flexibility index (Phi) is 3.03. The first-order valence-electron chi connectivity index (χ1n) is 5.37. The van der Waals surface area contributed by atoms with Gasteiger partial charge < -0.3 is 11.1 Å². The van der Waals surface area contributed by atoms with Crippen molar-refractivity contribution >= 4 is 0 Å². The van der Waals surface area contributed by atoms with Gasteiger partial charge in [-0.1, -0.05) is 20.8 Å². The second kappa shape index (κ2) is 3.58. The van der Waals surface area contributed by atoms with E-state index in [0.717, 1.165) is 25.4 Å². The fourth-order valence-electron chi connectivity index (χ4n) is 1.58. The fraction of sp³-hybridized carbons (Fsp3) is 1.00. The molecule has 3 N–H and O–H groups in total. The Bertz CT molecular complexity index is 173. The predicted octanol–water partition coefficient (Wildman–Crippen LogP) is 1.75. The molecule has 1 saturated carbocycles. The second-order valence-corrected chi connectivity index (χ2v) is 5.53. The van der Waals surface area contributed by atoms with Crippen molar-refractivity contribution in [3.05, 3.63) is 0 Å². The molecule has 0 heterocycles. The van der Waals surface area contributed by atoms with E-state index in [1.165, 1.54) is 6.42 Å². The van der Waals surface area contributed by atoms with Gasteiger partial charge in [-0.2, -0.15) is 0 Å². The van der Waals surface area contributed by atoms with Crippen LogP contribution in [0.15, 0.2) is 0 Å². The topological polar surface area (TPSA) is 38.0 Å². The first kappa shape index (κ1) is 11.0. The predicted molar refractivity (Wildman–Crippen MR) is 57.6 cm³/mol. The lowest BCUT2D eigenvalue weighted by Crippen LogP contribution is -2.46. The molecule has 78 valence electrons. The lowest BCUT2D eigenvalue weighted by molar-refractivity contribution is 0.402. The van der Waals surface area contributed by atoms with Crippen LogP contribution in [0.5, 0.6) is 0 Å². The maximum absolute atomic E-state index is 6.03. The summed E-state index contributed by atoms with van der Waals surface area (Å²) in [5, 5.41) is 3.47. The monoisotopic (exact) mass is 184 g/mol. The average Bonchev–Trinajstić information content (AvgIpc) is 2.59. The van der Waals surface area contributed by atoms with Crippen molar-refractivity contribution in [2.24, 2.45) is 17.1 Å². The molecule has 2 atom stereocenters. The van der Waals surface area contributed by atoms with Crippen LogP contribution >= 0.6 is 0 Å². The van der Waals surface area contributed by atoms with Crippen LogP contribution in [0.2, 0.25) is 0 Å². The molecule has 0 bridgehead atoms. The SMILES string of the molecule is CCC(C)(N)CNCC1CC1(C)C. The van der Waals surface area contributed by atoms with Gasteiger partial charge in [0, 0.05) is 12.1 Å². The Hall–Kier alpha value is -0.0800. The molecule has 0 radical (unpaired) electrons. The Balaban J connectivity index is 2.09. The number of nitrogens with one attached hydrogen (secondary N) is 1. The number of hydrogen-bond donors (Lipinski definition) is 2. The molecular weight excluding hydrogens is 160 g/mol. The number of nitrogens with two attached hydrogens (primary N) is 1. The van der Waals surface area contributed by atoms with E-state index >= 15 is 0 Å². The Labute approximate surface area is 82.3 Å². The lowest BCUT2D eigenvalue weighted by Gasteiger charge is -2.23. The van der Waals surface area contributed by atoms with Crippen LogP contribution in [-0.4, -0.2) is 18.6 Å². The highest BCUT2D eigenvalue weighted by Crippen LogP contribution is 2.50. The molecular formula is C11H24N2. The fourth-order valence-corrected chi connectivity index (χ4v) is 1.58. The maximum atomic E-state index is 6.03. The van der Waals surface area contributed by atoms with Crippen LogP contribution in [0.3, 0.4) is 0 Å². The minimum Gasteiger partial charge on any atom is -0.324 e. The maximum Gasteiger partial charge on any atom is 0.0249 e. The minimum absolute atomic E-state index is 0.0287. The number of rotatable bonds is 5. The van der Waals surface area contributed by atoms with Crippen LogP contribution in [0.4, 0.5) is 0 Å². The normalized spacial score (nSPS) is 29.8. The van der Waals surface area contributed by atoms with Crippen LogP contribution in [0.1, 0.15) is 40.5 Å². The van der Waals surface area contributed by atoms with Gasteiger partial charge in [0.2, 0.25) is 0 Å². The quantitative estimate of drug-likeness (QED) is 0.683. The molecule has 0 aromatic carbocycles. The van der Waals surface area contributed by atoms with Crippen molar-refractivity contribution in [3.8, 4) is 0 Å². The highest BCUT2D eigenvalue weighted by Gasteiger charge is 2.44. The lowest BCUT2D eigenvalue weighted by atomic mass is 10.0. The van der Waals surface area contributed by atoms with Gasteiger partial charge in [0.15, 0.2) is 0 Å². The first-order chi connectivity index (χ1) is 5.87. The van der Waals surface area contributed by atoms with Gasteiger partial charge in [-0.05, 0) is 37.6 Å². The summed E-state index contributed by atoms with van der Waals surface area (Å²) in [6.07, 6.45) is 2.40. The van der Waals surface area contributed by atoms with Crippen LogP contribution in [0, 0.1) is 11.3 Å². The van der Waals surface area contributed by atoms with Crippen molar-refractivity contribution in [2.45, 2.75) is 46.1 Å². The minimum atomic E-state index is -0.0287. The van der Waals surface area contributed by atoms with Crippen molar-refractivity contribution in [2.75, 3.05) is 13.1 Å². The summed E-state index contributed by atoms with van der Waals surface area (Å²) in [6, 6.07) is 0. The van der Waals surface area contributed by atoms with Gasteiger partial charge in [0.05, 0.1) is 0 Å². The van der Waals surface area contributed by atoms with Gasteiger partial charge in [0.25, 0.3) is 0 Å². The largest absolute Gasteiger partial charge is 0.324 e. The summed E-state index contributed by atoms with van der Waals surface area (Å²) in [4.78, 5) is 0. The molecule has 0 aliphatic heterocycles. The summed E-state index contributed by atoms with van der Waals surface area (Å²) in [7, 11) is 0. The van der Waals surface area contributed by atoms with Crippen molar-refractivity contribution < 1.29 is 0 Å². The molecule has 0 spiro atoms. The van der Waals surface area contributed by atoms with E-state index in [1.54, 1.807) is 0 Å². The smallest absolute Gasteiger partial charge is 0.0249 e. The van der Waals surface area contributed by atoms with Crippen LogP contribution in [-0.2, 0) is 0 Å². The zero-order chi connectivity index (χ0) is 10.1. The molecule has 1 aliphatic rings. The van der Waals surface area contributed by atoms with E-state index in [9.17, 15) is 0 Å². The third kappa shape index (κ3) is 3.28. The summed E-state index contributed by atoms with van der Waals surface area (Å²) in [6.45, 7) is 11.0. The molecule has 1 rings (SSSR count). The summed E-state index contributed by atoms with van der Waals surface area (Å²) in [5.74, 6) is 0.875. The molecule has 0 saturated heterocycles. The summed E-state index contributed by atoms with van der Waals surface area (Å²) < 4.78 is 0. The van der Waals surface area contributed by atoms with Crippen LogP contribution in [0.25, 0.3) is 0 Å². The third-order valence-corrected chi connectivity index (χ3v) is 3.44. The third-order valence-electron chi connectivity index (χ3n) is 3.44. The Morgan fingerprint density at radius 2 is 2.08 bits per heavy atom. The van der Waals surface area contributed by atoms with Crippen molar-refractivity contribution in [1.29, 1.82) is 0 Å². The van der Waals surface area contributed by atoms with E-state index in [0.29, 0.717) is 5.41 Å². The average molecular weight is 184 g/mol. The molecule has 13 heavy (non-hydrogen) atoms. The zero-order valence-electron chi connectivity index (χ0n) is 9.48. The van der Waals surface area contributed by atoms with Gasteiger partial charge in [-0.15, -0.1) is 0 Å². The first-order valence-corrected chi connectivity index (χ1v) is 5.37. The highest BCUT2D eigenvalue weighted by atomic mass is 14.9. The molecule has 2 heteroatoms. The summed E-state index contributed by atoms with van der Waals surface area (Å²) in [5.41, 5.74) is 6.59. The molecule has 2 nitrogen and oxygen atoms in total. The highest BCUT2D eigenvalue weighted by molar-refractivity contribution is 4.96. The number of hydrogen-bond acceptors (Lipinski definition) is 2. The Morgan fingerprint density at radius 3 is 2.46 bits per heavy atom. The van der Waals surface area contributed by atoms with Gasteiger partial charge in [0.1, 0.15) is 0 Å². The van der Waals surface area contributed by atoms with E-state index in [1.807, 2.05) is 0 Å². The van der Waals surface area contributed by atoms with E-state index < -0.39 is 0 Å². The molecule has 1 fully saturated rings. The zero-order valence-corrected chi connectivity index (χ0v) is 9.48. The molecule has 0 aromatic rings. The van der Waals surface area contributed by atoms with Crippen molar-refractivity contribution in [1.82, 2.24) is 5.32 Å².